The van der Waals surface area contributed by atoms with Gasteiger partial charge in [-0.25, -0.2) is 0 Å². The van der Waals surface area contributed by atoms with Crippen LogP contribution in [0, 0.1) is 18.3 Å². The van der Waals surface area contributed by atoms with Gasteiger partial charge >= 0.3 is 0 Å². The average molecular weight is 137 g/mol. The van der Waals surface area contributed by atoms with Crippen molar-refractivity contribution in [1.82, 2.24) is 5.32 Å². The number of nitrogens with one attached hydrogen (secondary N) is 1. The van der Waals surface area contributed by atoms with E-state index in [1.54, 1.807) is 0 Å². The van der Waals surface area contributed by atoms with Crippen molar-refractivity contribution in [3.05, 3.63) is 0 Å². The summed E-state index contributed by atoms with van der Waals surface area (Å²) in [5.41, 5.74) is 0. The van der Waals surface area contributed by atoms with Crippen molar-refractivity contribution in [2.75, 3.05) is 13.1 Å². The Hall–Kier alpha value is -0.480. The Balaban J connectivity index is 1.73. The first-order valence-electron chi connectivity index (χ1n) is 4.07. The Morgan fingerprint density at radius 3 is 2.80 bits per heavy atom. The lowest BCUT2D eigenvalue weighted by atomic mass is 10.3. The third-order valence-electron chi connectivity index (χ3n) is 1.87. The molecule has 1 aliphatic carbocycles. The van der Waals surface area contributed by atoms with E-state index < -0.39 is 0 Å². The first-order chi connectivity index (χ1) is 4.93. The molecule has 10 heavy (non-hydrogen) atoms. The molecule has 0 spiro atoms. The van der Waals surface area contributed by atoms with Gasteiger partial charge in [-0.15, -0.1) is 12.3 Å². The van der Waals surface area contributed by atoms with Crippen LogP contribution >= 0.6 is 0 Å². The topological polar surface area (TPSA) is 12.0 Å². The Bertz CT molecular complexity index is 119. The van der Waals surface area contributed by atoms with Gasteiger partial charge in [-0.2, -0.15) is 0 Å². The second-order valence-electron chi connectivity index (χ2n) is 2.94. The minimum absolute atomic E-state index is 0.866. The van der Waals surface area contributed by atoms with Crippen LogP contribution in [0.5, 0.6) is 0 Å². The standard InChI is InChI=1S/C9H15N/c1-2-3-7-10-8-6-9-4-5-9/h1,9-10H,3-8H2. The highest BCUT2D eigenvalue weighted by Crippen LogP contribution is 2.31. The minimum Gasteiger partial charge on any atom is -0.316 e. The summed E-state index contributed by atoms with van der Waals surface area (Å²) in [5, 5.41) is 3.32. The van der Waals surface area contributed by atoms with Crippen LogP contribution in [0.2, 0.25) is 0 Å². The van der Waals surface area contributed by atoms with Crippen LogP contribution in [0.15, 0.2) is 0 Å². The van der Waals surface area contributed by atoms with E-state index in [0.717, 1.165) is 25.4 Å². The van der Waals surface area contributed by atoms with Gasteiger partial charge in [0.05, 0.1) is 0 Å². The van der Waals surface area contributed by atoms with Crippen molar-refractivity contribution in [2.24, 2.45) is 5.92 Å². The summed E-state index contributed by atoms with van der Waals surface area (Å²) in [6.07, 6.45) is 10.2. The Labute approximate surface area is 63.2 Å². The summed E-state index contributed by atoms with van der Waals surface area (Å²) in [7, 11) is 0. The van der Waals surface area contributed by atoms with E-state index in [1.165, 1.54) is 19.3 Å². The zero-order chi connectivity index (χ0) is 7.23. The lowest BCUT2D eigenvalue weighted by molar-refractivity contribution is 0.619. The van der Waals surface area contributed by atoms with Crippen LogP contribution in [0.3, 0.4) is 0 Å². The number of terminal acetylenes is 1. The van der Waals surface area contributed by atoms with E-state index >= 15 is 0 Å². The molecule has 0 aromatic heterocycles. The van der Waals surface area contributed by atoms with Gasteiger partial charge in [0.25, 0.3) is 0 Å². The molecular weight excluding hydrogens is 122 g/mol. The van der Waals surface area contributed by atoms with Crippen molar-refractivity contribution in [1.29, 1.82) is 0 Å². The fourth-order valence-electron chi connectivity index (χ4n) is 0.998. The molecule has 0 saturated heterocycles. The van der Waals surface area contributed by atoms with Gasteiger partial charge in [-0.05, 0) is 18.9 Å². The molecule has 0 bridgehead atoms. The third kappa shape index (κ3) is 3.53. The van der Waals surface area contributed by atoms with E-state index in [1.807, 2.05) is 0 Å². The van der Waals surface area contributed by atoms with Gasteiger partial charge < -0.3 is 5.32 Å². The fraction of sp³-hybridized carbons (Fsp3) is 0.778. The largest absolute Gasteiger partial charge is 0.316 e. The highest BCUT2D eigenvalue weighted by Gasteiger charge is 2.19. The molecule has 0 atom stereocenters. The number of rotatable bonds is 5. The van der Waals surface area contributed by atoms with Gasteiger partial charge in [-0.1, -0.05) is 12.8 Å². The Morgan fingerprint density at radius 1 is 1.40 bits per heavy atom. The quantitative estimate of drug-likeness (QED) is 0.446. The van der Waals surface area contributed by atoms with Gasteiger partial charge in [0.15, 0.2) is 0 Å². The number of hydrogen-bond donors (Lipinski definition) is 1. The van der Waals surface area contributed by atoms with Gasteiger partial charge in [-0.3, -0.25) is 0 Å². The van der Waals surface area contributed by atoms with E-state index in [2.05, 4.69) is 11.2 Å². The van der Waals surface area contributed by atoms with Crippen molar-refractivity contribution >= 4 is 0 Å². The SMILES string of the molecule is C#CCCNCCC1CC1. The molecule has 0 aromatic carbocycles. The zero-order valence-corrected chi connectivity index (χ0v) is 6.40. The first-order valence-corrected chi connectivity index (χ1v) is 4.07. The van der Waals surface area contributed by atoms with Gasteiger partial charge in [0.1, 0.15) is 0 Å². The summed E-state index contributed by atoms with van der Waals surface area (Å²) in [5.74, 6) is 3.65. The lowest BCUT2D eigenvalue weighted by Gasteiger charge is -1.99. The van der Waals surface area contributed by atoms with Crippen molar-refractivity contribution in [3.63, 3.8) is 0 Å². The van der Waals surface area contributed by atoms with Crippen LogP contribution in [0.1, 0.15) is 25.7 Å². The molecule has 0 aromatic rings. The van der Waals surface area contributed by atoms with Crippen LogP contribution in [0.25, 0.3) is 0 Å². The molecule has 56 valence electrons. The summed E-state index contributed by atoms with van der Waals surface area (Å²) in [6.45, 7) is 2.15. The van der Waals surface area contributed by atoms with E-state index in [9.17, 15) is 0 Å². The molecule has 1 rings (SSSR count). The molecule has 0 radical (unpaired) electrons. The van der Waals surface area contributed by atoms with Crippen LogP contribution in [-0.2, 0) is 0 Å². The molecule has 1 heteroatoms. The molecule has 1 N–H and O–H groups in total. The maximum atomic E-state index is 5.09. The monoisotopic (exact) mass is 137 g/mol. The zero-order valence-electron chi connectivity index (χ0n) is 6.40. The maximum absolute atomic E-state index is 5.09. The molecule has 1 nitrogen and oxygen atoms in total. The second kappa shape index (κ2) is 4.35. The molecule has 0 amide bonds. The molecule has 1 fully saturated rings. The third-order valence-corrected chi connectivity index (χ3v) is 1.87. The maximum Gasteiger partial charge on any atom is 0.0211 e. The molecule has 0 unspecified atom stereocenters. The van der Waals surface area contributed by atoms with Crippen molar-refractivity contribution < 1.29 is 0 Å². The summed E-state index contributed by atoms with van der Waals surface area (Å²) < 4.78 is 0. The van der Waals surface area contributed by atoms with Crippen LogP contribution < -0.4 is 5.32 Å². The summed E-state index contributed by atoms with van der Waals surface area (Å²) in [4.78, 5) is 0. The predicted octanol–water partition coefficient (Wildman–Crippen LogP) is 1.40. The van der Waals surface area contributed by atoms with Gasteiger partial charge in [0.2, 0.25) is 0 Å². The number of hydrogen-bond acceptors (Lipinski definition) is 1. The van der Waals surface area contributed by atoms with Gasteiger partial charge in [0, 0.05) is 13.0 Å². The first kappa shape index (κ1) is 7.63. The fourth-order valence-corrected chi connectivity index (χ4v) is 0.998. The molecule has 1 aliphatic rings. The molecule has 0 aliphatic heterocycles. The van der Waals surface area contributed by atoms with Crippen LogP contribution in [0.4, 0.5) is 0 Å². The minimum atomic E-state index is 0.866. The highest BCUT2D eigenvalue weighted by atomic mass is 14.8. The average Bonchev–Trinajstić information content (AvgIpc) is 2.71. The normalized spacial score (nSPS) is 16.7. The van der Waals surface area contributed by atoms with E-state index in [0.29, 0.717) is 0 Å². The Kier molecular flexibility index (Phi) is 3.32. The van der Waals surface area contributed by atoms with Crippen molar-refractivity contribution in [3.8, 4) is 12.3 Å². The van der Waals surface area contributed by atoms with Crippen molar-refractivity contribution in [2.45, 2.75) is 25.7 Å². The van der Waals surface area contributed by atoms with E-state index in [4.69, 9.17) is 6.42 Å². The smallest absolute Gasteiger partial charge is 0.0211 e. The van der Waals surface area contributed by atoms with E-state index in [-0.39, 0.29) is 0 Å². The second-order valence-corrected chi connectivity index (χ2v) is 2.94. The molecular formula is C9H15N. The highest BCUT2D eigenvalue weighted by molar-refractivity contribution is 4.84. The lowest BCUT2D eigenvalue weighted by Crippen LogP contribution is -2.16. The van der Waals surface area contributed by atoms with Crippen LogP contribution in [-0.4, -0.2) is 13.1 Å². The summed E-state index contributed by atoms with van der Waals surface area (Å²) >= 11 is 0. The molecule has 1 saturated carbocycles. The predicted molar refractivity (Wildman–Crippen MR) is 43.7 cm³/mol. The molecule has 0 heterocycles. The Morgan fingerprint density at radius 2 is 2.20 bits per heavy atom. The summed E-state index contributed by atoms with van der Waals surface area (Å²) in [6, 6.07) is 0.